The number of nitrogens with zero attached hydrogens (tertiary/aromatic N) is 2. The Morgan fingerprint density at radius 1 is 1.04 bits per heavy atom. The van der Waals surface area contributed by atoms with Crippen LogP contribution in [0.2, 0.25) is 0 Å². The first-order valence-electron chi connectivity index (χ1n) is 8.66. The van der Waals surface area contributed by atoms with Crippen molar-refractivity contribution in [2.24, 2.45) is 0 Å². The number of non-ortho nitro benzene ring substituents is 1. The summed E-state index contributed by atoms with van der Waals surface area (Å²) in [6, 6.07) is 11.8. The second-order valence-electron chi connectivity index (χ2n) is 6.33. The highest BCUT2D eigenvalue weighted by molar-refractivity contribution is 5.99. The minimum Gasteiger partial charge on any atom is -0.338 e. The lowest BCUT2D eigenvalue weighted by Gasteiger charge is -2.16. The van der Waals surface area contributed by atoms with E-state index in [4.69, 9.17) is 0 Å². The lowest BCUT2D eigenvalue weighted by atomic mass is 10.1. The van der Waals surface area contributed by atoms with Gasteiger partial charge >= 0.3 is 0 Å². The second-order valence-corrected chi connectivity index (χ2v) is 6.33. The highest BCUT2D eigenvalue weighted by atomic mass is 16.6. The maximum absolute atomic E-state index is 12.3. The summed E-state index contributed by atoms with van der Waals surface area (Å²) < 4.78 is 0. The number of nitro benzene ring substituents is 1. The first kappa shape index (κ1) is 19.0. The third kappa shape index (κ3) is 4.50. The summed E-state index contributed by atoms with van der Waals surface area (Å²) in [6.45, 7) is 1.15. The number of nitrogens with one attached hydrogen (secondary N) is 2. The van der Waals surface area contributed by atoms with Crippen molar-refractivity contribution in [2.75, 3.05) is 6.54 Å². The van der Waals surface area contributed by atoms with E-state index in [0.717, 1.165) is 12.0 Å². The monoisotopic (exact) mass is 382 g/mol. The summed E-state index contributed by atoms with van der Waals surface area (Å²) in [7, 11) is 0. The van der Waals surface area contributed by atoms with Gasteiger partial charge in [0.15, 0.2) is 0 Å². The van der Waals surface area contributed by atoms with E-state index in [1.165, 1.54) is 24.3 Å². The molecule has 2 N–H and O–H groups in total. The third-order valence-electron chi connectivity index (χ3n) is 4.36. The minimum absolute atomic E-state index is 0.102. The molecular weight excluding hydrogens is 364 g/mol. The van der Waals surface area contributed by atoms with Gasteiger partial charge in [0.05, 0.1) is 4.92 Å². The van der Waals surface area contributed by atoms with Crippen molar-refractivity contribution in [2.45, 2.75) is 19.4 Å². The van der Waals surface area contributed by atoms with E-state index in [1.54, 1.807) is 23.1 Å². The van der Waals surface area contributed by atoms with Crippen molar-refractivity contribution < 1.29 is 19.3 Å². The van der Waals surface area contributed by atoms with Gasteiger partial charge in [-0.2, -0.15) is 0 Å². The molecule has 0 radical (unpaired) electrons. The SMILES string of the molecule is O=C(NNC(=O)c1cccc(CN2CCCC2=O)c1)c1ccc([N+](=O)[O-])cc1. The van der Waals surface area contributed by atoms with E-state index in [2.05, 4.69) is 10.9 Å². The van der Waals surface area contributed by atoms with Gasteiger partial charge < -0.3 is 4.90 Å². The molecule has 1 aliphatic rings. The van der Waals surface area contributed by atoms with Gasteiger partial charge in [-0.25, -0.2) is 0 Å². The average Bonchev–Trinajstić information content (AvgIpc) is 3.10. The number of benzene rings is 2. The van der Waals surface area contributed by atoms with Gasteiger partial charge in [-0.05, 0) is 36.2 Å². The largest absolute Gasteiger partial charge is 0.338 e. The molecule has 144 valence electrons. The molecule has 0 atom stereocenters. The normalized spacial score (nSPS) is 13.3. The predicted octanol–water partition coefficient (Wildman–Crippen LogP) is 1.79. The molecule has 28 heavy (non-hydrogen) atoms. The Hall–Kier alpha value is -3.75. The van der Waals surface area contributed by atoms with E-state index in [9.17, 15) is 24.5 Å². The number of rotatable bonds is 5. The van der Waals surface area contributed by atoms with E-state index in [0.29, 0.717) is 25.1 Å². The van der Waals surface area contributed by atoms with Crippen LogP contribution in [-0.2, 0) is 11.3 Å². The molecule has 1 aliphatic heterocycles. The topological polar surface area (TPSA) is 122 Å². The van der Waals surface area contributed by atoms with Crippen LogP contribution in [0.25, 0.3) is 0 Å². The molecular formula is C19H18N4O5. The highest BCUT2D eigenvalue weighted by Crippen LogP contribution is 2.15. The molecule has 0 bridgehead atoms. The van der Waals surface area contributed by atoms with E-state index in [-0.39, 0.29) is 17.2 Å². The molecule has 9 heteroatoms. The van der Waals surface area contributed by atoms with Gasteiger partial charge in [-0.1, -0.05) is 12.1 Å². The van der Waals surface area contributed by atoms with E-state index >= 15 is 0 Å². The molecule has 1 saturated heterocycles. The number of hydrogen-bond acceptors (Lipinski definition) is 5. The van der Waals surface area contributed by atoms with Crippen molar-refractivity contribution in [3.8, 4) is 0 Å². The minimum atomic E-state index is -0.595. The fourth-order valence-corrected chi connectivity index (χ4v) is 2.89. The number of amides is 3. The Balaban J connectivity index is 1.58. The van der Waals surface area contributed by atoms with Gasteiger partial charge in [-0.15, -0.1) is 0 Å². The van der Waals surface area contributed by atoms with Gasteiger partial charge in [0, 0.05) is 42.8 Å². The van der Waals surface area contributed by atoms with Crippen LogP contribution < -0.4 is 10.9 Å². The fourth-order valence-electron chi connectivity index (χ4n) is 2.89. The molecule has 0 aliphatic carbocycles. The molecule has 1 heterocycles. The van der Waals surface area contributed by atoms with Crippen molar-refractivity contribution in [3.05, 3.63) is 75.3 Å². The molecule has 0 unspecified atom stereocenters. The number of carbonyl (C=O) groups excluding carboxylic acids is 3. The molecule has 0 saturated carbocycles. The molecule has 9 nitrogen and oxygen atoms in total. The van der Waals surface area contributed by atoms with Crippen molar-refractivity contribution >= 4 is 23.4 Å². The summed E-state index contributed by atoms with van der Waals surface area (Å²) in [5, 5.41) is 10.6. The summed E-state index contributed by atoms with van der Waals surface area (Å²) in [5.41, 5.74) is 5.79. The van der Waals surface area contributed by atoms with E-state index < -0.39 is 16.7 Å². The number of likely N-dealkylation sites (tertiary alicyclic amines) is 1. The quantitative estimate of drug-likeness (QED) is 0.603. The zero-order valence-electron chi connectivity index (χ0n) is 14.9. The van der Waals surface area contributed by atoms with Gasteiger partial charge in [0.25, 0.3) is 17.5 Å². The van der Waals surface area contributed by atoms with Crippen LogP contribution in [0.4, 0.5) is 5.69 Å². The zero-order valence-corrected chi connectivity index (χ0v) is 14.9. The first-order valence-corrected chi connectivity index (χ1v) is 8.66. The average molecular weight is 382 g/mol. The Labute approximate surface area is 160 Å². The molecule has 0 aromatic heterocycles. The number of hydrazine groups is 1. The second kappa shape index (κ2) is 8.30. The van der Waals surface area contributed by atoms with Crippen LogP contribution in [0.1, 0.15) is 39.1 Å². The van der Waals surface area contributed by atoms with Gasteiger partial charge in [0.1, 0.15) is 0 Å². The zero-order chi connectivity index (χ0) is 20.1. The van der Waals surface area contributed by atoms with Crippen LogP contribution in [0.3, 0.4) is 0 Å². The number of carbonyl (C=O) groups is 3. The molecule has 1 fully saturated rings. The Morgan fingerprint density at radius 3 is 2.32 bits per heavy atom. The Bertz CT molecular complexity index is 926. The molecule has 3 rings (SSSR count). The summed E-state index contributed by atoms with van der Waals surface area (Å²) in [4.78, 5) is 47.9. The molecule has 2 aromatic carbocycles. The number of hydrogen-bond donors (Lipinski definition) is 2. The van der Waals surface area contributed by atoms with Crippen molar-refractivity contribution in [3.63, 3.8) is 0 Å². The van der Waals surface area contributed by atoms with Crippen molar-refractivity contribution in [1.29, 1.82) is 0 Å². The Morgan fingerprint density at radius 2 is 1.71 bits per heavy atom. The summed E-state index contributed by atoms with van der Waals surface area (Å²) >= 11 is 0. The van der Waals surface area contributed by atoms with E-state index in [1.807, 2.05) is 6.07 Å². The standard InChI is InChI=1S/C19H18N4O5/c24-17-5-2-10-22(17)12-13-3-1-4-15(11-13)19(26)21-20-18(25)14-6-8-16(9-7-14)23(27)28/h1,3-4,6-9,11H,2,5,10,12H2,(H,20,25)(H,21,26). The Kier molecular flexibility index (Phi) is 5.64. The van der Waals surface area contributed by atoms with Crippen LogP contribution in [0.15, 0.2) is 48.5 Å². The van der Waals surface area contributed by atoms with Crippen molar-refractivity contribution in [1.82, 2.24) is 15.8 Å². The summed E-state index contributed by atoms with van der Waals surface area (Å²) in [6.07, 6.45) is 1.39. The smallest absolute Gasteiger partial charge is 0.269 e. The van der Waals surface area contributed by atoms with Crippen LogP contribution in [0.5, 0.6) is 0 Å². The highest BCUT2D eigenvalue weighted by Gasteiger charge is 2.20. The molecule has 3 amide bonds. The lowest BCUT2D eigenvalue weighted by molar-refractivity contribution is -0.384. The predicted molar refractivity (Wildman–Crippen MR) is 99.1 cm³/mol. The lowest BCUT2D eigenvalue weighted by Crippen LogP contribution is -2.41. The number of nitro groups is 1. The van der Waals surface area contributed by atoms with Crippen LogP contribution in [-0.4, -0.2) is 34.1 Å². The molecule has 2 aromatic rings. The van der Waals surface area contributed by atoms with Crippen LogP contribution >= 0.6 is 0 Å². The third-order valence-corrected chi connectivity index (χ3v) is 4.36. The maximum atomic E-state index is 12.3. The first-order chi connectivity index (χ1) is 13.4. The fraction of sp³-hybridized carbons (Fsp3) is 0.211. The maximum Gasteiger partial charge on any atom is 0.269 e. The summed E-state index contributed by atoms with van der Waals surface area (Å²) in [5.74, 6) is -1.00. The van der Waals surface area contributed by atoms with Gasteiger partial charge in [-0.3, -0.25) is 35.3 Å². The van der Waals surface area contributed by atoms with Crippen LogP contribution in [0, 0.1) is 10.1 Å². The van der Waals surface area contributed by atoms with Gasteiger partial charge in [0.2, 0.25) is 5.91 Å². The molecule has 0 spiro atoms.